The van der Waals surface area contributed by atoms with Gasteiger partial charge in [0.25, 0.3) is 0 Å². The van der Waals surface area contributed by atoms with Gasteiger partial charge in [0.05, 0.1) is 5.52 Å². The Morgan fingerprint density at radius 2 is 1.23 bits per heavy atom. The minimum absolute atomic E-state index is 0.314. The molecule has 0 saturated heterocycles. The van der Waals surface area contributed by atoms with Gasteiger partial charge in [-0.25, -0.2) is 0 Å². The Morgan fingerprint density at radius 1 is 0.538 bits per heavy atom. The molecule has 0 fully saturated rings. The molecule has 2 aliphatic heterocycles. The lowest BCUT2D eigenvalue weighted by Crippen LogP contribution is -2.24. The van der Waals surface area contributed by atoms with Crippen LogP contribution in [0.25, 0.3) is 33.8 Å². The predicted molar refractivity (Wildman–Crippen MR) is 277 cm³/mol. The van der Waals surface area contributed by atoms with Gasteiger partial charge in [0, 0.05) is 83.4 Å². The third kappa shape index (κ3) is 6.71. The lowest BCUT2D eigenvalue weighted by molar-refractivity contribution is 0.359. The summed E-state index contributed by atoms with van der Waals surface area (Å²) in [6, 6.07) is 52.8. The second-order valence-electron chi connectivity index (χ2n) is 18.7. The quantitative estimate of drug-likeness (QED) is 0.148. The van der Waals surface area contributed by atoms with Crippen molar-refractivity contribution < 1.29 is 0 Å². The Labute approximate surface area is 391 Å². The van der Waals surface area contributed by atoms with Crippen molar-refractivity contribution in [3.8, 4) is 16.8 Å². The van der Waals surface area contributed by atoms with Crippen LogP contribution in [-0.2, 0) is 0 Å². The number of aromatic nitrogens is 1. The second kappa shape index (κ2) is 16.0. The van der Waals surface area contributed by atoms with Gasteiger partial charge in [-0.1, -0.05) is 147 Å². The molecule has 4 aliphatic carbocycles. The van der Waals surface area contributed by atoms with Crippen molar-refractivity contribution in [1.29, 1.82) is 0 Å². The monoisotopic (exact) mass is 874 g/mol. The van der Waals surface area contributed by atoms with Crippen molar-refractivity contribution in [3.63, 3.8) is 0 Å². The first-order chi connectivity index (χ1) is 32.1. The second-order valence-corrected chi connectivity index (χ2v) is 21.1. The molecule has 8 atom stereocenters. The van der Waals surface area contributed by atoms with Crippen molar-refractivity contribution >= 4 is 57.6 Å². The third-order valence-electron chi connectivity index (χ3n) is 15.0. The van der Waals surface area contributed by atoms with E-state index in [1.54, 1.807) is 0 Å². The number of hydrogen-bond donors (Lipinski definition) is 0. The smallest absolute Gasteiger partial charge is 0.0537 e. The third-order valence-corrected chi connectivity index (χ3v) is 17.7. The van der Waals surface area contributed by atoms with E-state index in [1.165, 1.54) is 82.5 Å². The Bertz CT molecular complexity index is 3180. The van der Waals surface area contributed by atoms with Crippen LogP contribution in [0, 0.1) is 11.8 Å². The predicted octanol–water partition coefficient (Wildman–Crippen LogP) is 16.6. The molecule has 2 nitrogen and oxygen atoms in total. The SMILES string of the molecule is CC1c2c(c3ccccc3n2-c2ccccc2)C=CC1C1C=CC(c2cc(-c3ccc4c(c3)C3C=CC=CC3S4)cc(N(c3ccccc3)c3ccc4c(c3)C3C=CC=CC3S4)c2)CC1. The summed E-state index contributed by atoms with van der Waals surface area (Å²) in [7, 11) is 0. The molecule has 0 spiro atoms. The van der Waals surface area contributed by atoms with E-state index in [2.05, 4.69) is 229 Å². The zero-order valence-electron chi connectivity index (χ0n) is 36.5. The lowest BCUT2D eigenvalue weighted by Gasteiger charge is -2.35. The van der Waals surface area contributed by atoms with Crippen molar-refractivity contribution in [2.45, 2.75) is 63.7 Å². The highest BCUT2D eigenvalue weighted by Crippen LogP contribution is 2.53. The van der Waals surface area contributed by atoms with E-state index in [4.69, 9.17) is 0 Å². The highest BCUT2D eigenvalue weighted by Gasteiger charge is 2.36. The summed E-state index contributed by atoms with van der Waals surface area (Å²) in [6.07, 6.45) is 30.8. The van der Waals surface area contributed by atoms with Gasteiger partial charge in [-0.3, -0.25) is 0 Å². The average Bonchev–Trinajstić information content (AvgIpc) is 4.04. The molecule has 0 radical (unpaired) electrons. The first-order valence-corrected chi connectivity index (χ1v) is 25.3. The largest absolute Gasteiger partial charge is 0.313 e. The van der Waals surface area contributed by atoms with Crippen LogP contribution in [-0.4, -0.2) is 15.1 Å². The summed E-state index contributed by atoms with van der Waals surface area (Å²) in [4.78, 5) is 5.31. The summed E-state index contributed by atoms with van der Waals surface area (Å²) in [5.74, 6) is 2.38. The highest BCUT2D eigenvalue weighted by molar-refractivity contribution is 8.00. The van der Waals surface area contributed by atoms with Gasteiger partial charge in [0.15, 0.2) is 0 Å². The molecular formula is C61H50N2S2. The Morgan fingerprint density at radius 3 is 1.98 bits per heavy atom. The van der Waals surface area contributed by atoms with Crippen molar-refractivity contribution in [2.24, 2.45) is 11.8 Å². The summed E-state index contributed by atoms with van der Waals surface area (Å²) >= 11 is 4.00. The molecule has 0 amide bonds. The van der Waals surface area contributed by atoms with E-state index in [1.807, 2.05) is 23.5 Å². The molecule has 6 aliphatic rings. The molecule has 4 heteroatoms. The molecule has 8 unspecified atom stereocenters. The van der Waals surface area contributed by atoms with E-state index in [0.29, 0.717) is 46.0 Å². The van der Waals surface area contributed by atoms with Gasteiger partial charge in [-0.05, 0) is 125 Å². The van der Waals surface area contributed by atoms with Crippen molar-refractivity contribution in [1.82, 2.24) is 4.57 Å². The van der Waals surface area contributed by atoms with Crippen LogP contribution < -0.4 is 4.90 Å². The topological polar surface area (TPSA) is 8.17 Å². The molecule has 6 aromatic carbocycles. The fraction of sp³-hybridized carbons (Fsp3) is 0.180. The number of benzene rings is 6. The maximum Gasteiger partial charge on any atom is 0.0537 e. The minimum Gasteiger partial charge on any atom is -0.313 e. The Balaban J connectivity index is 0.892. The van der Waals surface area contributed by atoms with Gasteiger partial charge in [0.1, 0.15) is 0 Å². The minimum atomic E-state index is 0.314. The number of thioether (sulfide) groups is 2. The fourth-order valence-corrected chi connectivity index (χ4v) is 14.5. The molecule has 0 N–H and O–H groups in total. The van der Waals surface area contributed by atoms with Gasteiger partial charge in [-0.2, -0.15) is 0 Å². The van der Waals surface area contributed by atoms with Gasteiger partial charge < -0.3 is 9.47 Å². The van der Waals surface area contributed by atoms with Crippen LogP contribution in [0.3, 0.4) is 0 Å². The summed E-state index contributed by atoms with van der Waals surface area (Å²) in [6.45, 7) is 2.47. The molecule has 316 valence electrons. The molecule has 13 rings (SSSR count). The first-order valence-electron chi connectivity index (χ1n) is 23.5. The van der Waals surface area contributed by atoms with E-state index >= 15 is 0 Å². The van der Waals surface area contributed by atoms with Gasteiger partial charge in [-0.15, -0.1) is 23.5 Å². The molecular weight excluding hydrogens is 825 g/mol. The number of rotatable bonds is 7. The molecule has 7 aromatic rings. The van der Waals surface area contributed by atoms with Gasteiger partial charge in [0.2, 0.25) is 0 Å². The molecule has 1 aromatic heterocycles. The fourth-order valence-electron chi connectivity index (χ4n) is 11.8. The lowest BCUT2D eigenvalue weighted by atomic mass is 9.71. The van der Waals surface area contributed by atoms with Crippen molar-refractivity contribution in [3.05, 3.63) is 234 Å². The summed E-state index contributed by atoms with van der Waals surface area (Å²) < 4.78 is 2.53. The summed E-state index contributed by atoms with van der Waals surface area (Å²) in [5, 5.41) is 2.28. The zero-order chi connectivity index (χ0) is 43.0. The maximum atomic E-state index is 2.58. The van der Waals surface area contributed by atoms with E-state index in [0.717, 1.165) is 12.8 Å². The first kappa shape index (κ1) is 39.2. The molecule has 3 heterocycles. The molecule has 65 heavy (non-hydrogen) atoms. The average molecular weight is 875 g/mol. The summed E-state index contributed by atoms with van der Waals surface area (Å²) in [5.41, 5.74) is 15.8. The number of fused-ring (bicyclic) bond motifs is 9. The van der Waals surface area contributed by atoms with Crippen LogP contribution in [0.4, 0.5) is 17.1 Å². The van der Waals surface area contributed by atoms with Crippen LogP contribution in [0.5, 0.6) is 0 Å². The number of anilines is 3. The Kier molecular flexibility index (Phi) is 9.67. The van der Waals surface area contributed by atoms with Gasteiger partial charge >= 0.3 is 0 Å². The van der Waals surface area contributed by atoms with Crippen molar-refractivity contribution in [2.75, 3.05) is 4.90 Å². The van der Waals surface area contributed by atoms with Crippen LogP contribution in [0.15, 0.2) is 216 Å². The Hall–Kier alpha value is -6.20. The maximum absolute atomic E-state index is 2.58. The normalized spacial score (nSPS) is 25.3. The zero-order valence-corrected chi connectivity index (χ0v) is 38.1. The molecule has 0 bridgehead atoms. The molecule has 0 saturated carbocycles. The standard InChI is InChI=1S/C61H50N2S2/c1-39-49(30-31-53-50-18-8-11-21-56(50)63(61(39)53)46-16-6-3-7-17-46)41-26-24-40(25-27-41)43-34-44(42-28-32-59-54(37-42)51-19-9-12-22-57(51)64-59)36-48(35-43)62(45-14-4-2-5-15-45)47-29-33-60-55(38-47)52-20-10-13-23-58(52)65-60/h2-24,26,28-41,49,51-52,57-58H,25,27H2,1H3. The number of para-hydroxylation sites is 3. The highest BCUT2D eigenvalue weighted by atomic mass is 32.2. The number of allylic oxidation sites excluding steroid dienone is 9. The number of hydrogen-bond acceptors (Lipinski definition) is 3. The van der Waals surface area contributed by atoms with E-state index < -0.39 is 0 Å². The van der Waals surface area contributed by atoms with Crippen LogP contribution in [0.1, 0.15) is 71.4 Å². The van der Waals surface area contributed by atoms with E-state index in [9.17, 15) is 0 Å². The van der Waals surface area contributed by atoms with Crippen LogP contribution >= 0.6 is 23.5 Å². The number of nitrogens with zero attached hydrogens (tertiary/aromatic N) is 2. The van der Waals surface area contributed by atoms with Crippen LogP contribution in [0.2, 0.25) is 0 Å². The van der Waals surface area contributed by atoms with E-state index in [-0.39, 0.29) is 0 Å².